The zero-order valence-corrected chi connectivity index (χ0v) is 21.1. The molecule has 1 aliphatic heterocycles. The Morgan fingerprint density at radius 2 is 1.97 bits per heavy atom. The van der Waals surface area contributed by atoms with E-state index >= 15 is 0 Å². The molecule has 10 heteroatoms. The van der Waals surface area contributed by atoms with Gasteiger partial charge in [-0.3, -0.25) is 9.36 Å². The van der Waals surface area contributed by atoms with Crippen LogP contribution in [0.25, 0.3) is 6.08 Å². The number of rotatable bonds is 7. The number of carbonyl (C=O) groups is 1. The third-order valence-electron chi connectivity index (χ3n) is 5.63. The average Bonchev–Trinajstić information content (AvgIpc) is 3.15. The first-order chi connectivity index (χ1) is 17.3. The van der Waals surface area contributed by atoms with Crippen molar-refractivity contribution in [2.75, 3.05) is 20.3 Å². The van der Waals surface area contributed by atoms with Gasteiger partial charge in [0, 0.05) is 17.2 Å². The Balaban J connectivity index is 2.03. The zero-order chi connectivity index (χ0) is 26.0. The molecule has 188 valence electrons. The molecule has 0 saturated heterocycles. The van der Waals surface area contributed by atoms with Crippen LogP contribution in [0.1, 0.15) is 37.9 Å². The van der Waals surface area contributed by atoms with Crippen molar-refractivity contribution in [1.29, 1.82) is 0 Å². The topological polar surface area (TPSA) is 120 Å². The fourth-order valence-electron chi connectivity index (χ4n) is 4.09. The summed E-state index contributed by atoms with van der Waals surface area (Å²) in [6, 6.07) is 8.51. The van der Waals surface area contributed by atoms with Crippen LogP contribution >= 0.6 is 11.3 Å². The number of para-hydroxylation sites is 1. The van der Waals surface area contributed by atoms with Gasteiger partial charge in [-0.15, -0.1) is 0 Å². The molecule has 2 N–H and O–H groups in total. The molecule has 4 rings (SSSR count). The monoisotopic (exact) mass is 510 g/mol. The molecule has 3 aromatic rings. The lowest BCUT2D eigenvalue weighted by atomic mass is 9.94. The summed E-state index contributed by atoms with van der Waals surface area (Å²) in [7, 11) is 1.52. The van der Waals surface area contributed by atoms with Crippen molar-refractivity contribution in [3.8, 4) is 23.0 Å². The van der Waals surface area contributed by atoms with Crippen LogP contribution in [-0.2, 0) is 9.53 Å². The summed E-state index contributed by atoms with van der Waals surface area (Å²) in [4.78, 5) is 31.8. The van der Waals surface area contributed by atoms with E-state index in [4.69, 9.17) is 14.2 Å². The smallest absolute Gasteiger partial charge is 0.338 e. The van der Waals surface area contributed by atoms with Crippen molar-refractivity contribution in [3.05, 3.63) is 78.5 Å². The van der Waals surface area contributed by atoms with Gasteiger partial charge in [0.2, 0.25) is 0 Å². The third kappa shape index (κ3) is 4.47. The first-order valence-corrected chi connectivity index (χ1v) is 12.1. The quantitative estimate of drug-likeness (QED) is 0.469. The number of benzene rings is 2. The number of nitrogens with zero attached hydrogens (tertiary/aromatic N) is 2. The number of thiazole rings is 1. The second-order valence-corrected chi connectivity index (χ2v) is 8.87. The van der Waals surface area contributed by atoms with Gasteiger partial charge in [-0.25, -0.2) is 9.79 Å². The number of fused-ring (bicyclic) bond motifs is 1. The van der Waals surface area contributed by atoms with Gasteiger partial charge in [0.1, 0.15) is 17.5 Å². The number of ether oxygens (including phenoxy) is 3. The van der Waals surface area contributed by atoms with E-state index in [-0.39, 0.29) is 23.7 Å². The summed E-state index contributed by atoms with van der Waals surface area (Å²) in [5, 5.41) is 19.8. The van der Waals surface area contributed by atoms with E-state index in [0.29, 0.717) is 44.3 Å². The van der Waals surface area contributed by atoms with Gasteiger partial charge in [-0.1, -0.05) is 23.5 Å². The maximum Gasteiger partial charge on any atom is 0.338 e. The summed E-state index contributed by atoms with van der Waals surface area (Å²) in [6.07, 6.45) is 1.52. The van der Waals surface area contributed by atoms with Crippen molar-refractivity contribution >= 4 is 23.4 Å². The molecule has 0 fully saturated rings. The average molecular weight is 511 g/mol. The van der Waals surface area contributed by atoms with Crippen LogP contribution in [-0.4, -0.2) is 41.1 Å². The number of hydrogen-bond donors (Lipinski definition) is 2. The molecule has 36 heavy (non-hydrogen) atoms. The van der Waals surface area contributed by atoms with Gasteiger partial charge in [0.05, 0.1) is 36.1 Å². The highest BCUT2D eigenvalue weighted by Crippen LogP contribution is 2.40. The largest absolute Gasteiger partial charge is 0.508 e. The first-order valence-electron chi connectivity index (χ1n) is 11.3. The standard InChI is InChI=1S/C26H26N2O7S/c1-5-34-23-17(8-7-9-19(23)33-4)22-21(25(32)35-6-2)14(3)27-26-28(22)24(31)20(36-26)12-15-10-11-16(29)13-18(15)30/h7-13,22,29-30H,5-6H2,1-4H3/b20-12+/t22-/m1/s1. The predicted molar refractivity (Wildman–Crippen MR) is 134 cm³/mol. The van der Waals surface area contributed by atoms with Gasteiger partial charge in [-0.2, -0.15) is 0 Å². The lowest BCUT2D eigenvalue weighted by Gasteiger charge is -2.26. The van der Waals surface area contributed by atoms with Crippen LogP contribution in [0.2, 0.25) is 0 Å². The molecule has 0 aliphatic carbocycles. The Kier molecular flexibility index (Phi) is 7.16. The van der Waals surface area contributed by atoms with Gasteiger partial charge in [-0.05, 0) is 45.0 Å². The number of phenols is 2. The van der Waals surface area contributed by atoms with Crippen LogP contribution in [0.4, 0.5) is 0 Å². The molecule has 0 spiro atoms. The number of phenolic OH excluding ortho intramolecular Hbond substituents is 2. The van der Waals surface area contributed by atoms with Crippen molar-refractivity contribution in [1.82, 2.24) is 4.57 Å². The highest BCUT2D eigenvalue weighted by atomic mass is 32.1. The zero-order valence-electron chi connectivity index (χ0n) is 20.3. The lowest BCUT2D eigenvalue weighted by Crippen LogP contribution is -2.40. The van der Waals surface area contributed by atoms with Crippen molar-refractivity contribution in [2.24, 2.45) is 4.99 Å². The number of methoxy groups -OCH3 is 1. The van der Waals surface area contributed by atoms with Crippen LogP contribution in [0.5, 0.6) is 23.0 Å². The first kappa shape index (κ1) is 25.1. The van der Waals surface area contributed by atoms with Gasteiger partial charge in [0.25, 0.3) is 5.56 Å². The van der Waals surface area contributed by atoms with Crippen LogP contribution in [0, 0.1) is 0 Å². The molecule has 1 aliphatic rings. The molecule has 0 saturated carbocycles. The number of hydrogen-bond acceptors (Lipinski definition) is 9. The molecular formula is C26H26N2O7S. The molecular weight excluding hydrogens is 484 g/mol. The second-order valence-electron chi connectivity index (χ2n) is 7.86. The summed E-state index contributed by atoms with van der Waals surface area (Å²) in [5.41, 5.74) is 1.14. The van der Waals surface area contributed by atoms with E-state index in [0.717, 1.165) is 11.3 Å². The molecule has 0 bridgehead atoms. The van der Waals surface area contributed by atoms with Gasteiger partial charge < -0.3 is 24.4 Å². The Labute approximate surface area is 210 Å². The van der Waals surface area contributed by atoms with Crippen molar-refractivity contribution < 1.29 is 29.2 Å². The van der Waals surface area contributed by atoms with Crippen LogP contribution < -0.4 is 24.4 Å². The lowest BCUT2D eigenvalue weighted by molar-refractivity contribution is -0.139. The fourth-order valence-corrected chi connectivity index (χ4v) is 5.13. The number of allylic oxidation sites excluding steroid dienone is 1. The molecule has 1 atom stereocenters. The maximum atomic E-state index is 13.7. The van der Waals surface area contributed by atoms with Crippen LogP contribution in [0.3, 0.4) is 0 Å². The highest BCUT2D eigenvalue weighted by molar-refractivity contribution is 7.07. The molecule has 1 aromatic heterocycles. The van der Waals surface area contributed by atoms with Crippen molar-refractivity contribution in [3.63, 3.8) is 0 Å². The van der Waals surface area contributed by atoms with Crippen molar-refractivity contribution in [2.45, 2.75) is 26.8 Å². The molecule has 2 aromatic carbocycles. The molecule has 0 radical (unpaired) electrons. The normalized spacial score (nSPS) is 15.3. The number of carbonyl (C=O) groups excluding carboxylic acids is 1. The minimum Gasteiger partial charge on any atom is -0.508 e. The Morgan fingerprint density at radius 3 is 2.64 bits per heavy atom. The Morgan fingerprint density at radius 1 is 1.19 bits per heavy atom. The number of esters is 1. The van der Waals surface area contributed by atoms with E-state index < -0.39 is 17.6 Å². The molecule has 2 heterocycles. The second kappa shape index (κ2) is 10.3. The van der Waals surface area contributed by atoms with E-state index in [2.05, 4.69) is 4.99 Å². The van der Waals surface area contributed by atoms with Crippen LogP contribution in [0.15, 0.2) is 57.5 Å². The molecule has 0 amide bonds. The number of aromatic hydroxyl groups is 2. The Bertz CT molecular complexity index is 1530. The summed E-state index contributed by atoms with van der Waals surface area (Å²) >= 11 is 1.12. The van der Waals surface area contributed by atoms with E-state index in [1.807, 2.05) is 6.92 Å². The third-order valence-corrected chi connectivity index (χ3v) is 6.61. The molecule has 0 unspecified atom stereocenters. The summed E-state index contributed by atoms with van der Waals surface area (Å²) < 4.78 is 18.5. The van der Waals surface area contributed by atoms with E-state index in [1.165, 1.54) is 36.0 Å². The highest BCUT2D eigenvalue weighted by Gasteiger charge is 2.36. The minimum absolute atomic E-state index is 0.0951. The summed E-state index contributed by atoms with van der Waals surface area (Å²) in [6.45, 7) is 5.73. The maximum absolute atomic E-state index is 13.7. The minimum atomic E-state index is -0.882. The predicted octanol–water partition coefficient (Wildman–Crippen LogP) is 2.62. The van der Waals surface area contributed by atoms with Gasteiger partial charge >= 0.3 is 5.97 Å². The van der Waals surface area contributed by atoms with E-state index in [9.17, 15) is 19.8 Å². The number of aromatic nitrogens is 1. The SMILES string of the molecule is CCOC(=O)C1=C(C)N=c2s/c(=C/c3ccc(O)cc3O)c(=O)n2[C@@H]1c1cccc(OC)c1OCC. The fraction of sp³-hybridized carbons (Fsp3) is 0.269. The van der Waals surface area contributed by atoms with Gasteiger partial charge in [0.15, 0.2) is 16.3 Å². The van der Waals surface area contributed by atoms with E-state index in [1.54, 1.807) is 32.0 Å². The molecule has 9 nitrogen and oxygen atoms in total. The summed E-state index contributed by atoms with van der Waals surface area (Å²) in [5.74, 6) is 0.0205. The Hall–Kier alpha value is -4.05.